The van der Waals surface area contributed by atoms with Crippen LogP contribution in [-0.4, -0.2) is 26.1 Å². The maximum Gasteiger partial charge on any atom is 0.261 e. The van der Waals surface area contributed by atoms with E-state index in [1.165, 1.54) is 12.3 Å². The summed E-state index contributed by atoms with van der Waals surface area (Å²) < 4.78 is 0. The molecule has 0 bridgehead atoms. The first-order valence-electron chi connectivity index (χ1n) is 4.89. The van der Waals surface area contributed by atoms with Crippen molar-refractivity contribution in [1.82, 2.24) is 20.2 Å². The molecule has 0 aliphatic rings. The average Bonchev–Trinajstić information content (AvgIpc) is 2.58. The molecular formula is C10H10ClN5O. The molecule has 0 radical (unpaired) electrons. The van der Waals surface area contributed by atoms with Crippen molar-refractivity contribution in [2.24, 2.45) is 0 Å². The lowest BCUT2D eigenvalue weighted by Crippen LogP contribution is -2.15. The number of aryl methyl sites for hydroxylation is 2. The van der Waals surface area contributed by atoms with E-state index in [9.17, 15) is 4.79 Å². The van der Waals surface area contributed by atoms with Crippen molar-refractivity contribution in [3.63, 3.8) is 0 Å². The monoisotopic (exact) mass is 251 g/mol. The number of aromatic nitrogens is 4. The molecule has 17 heavy (non-hydrogen) atoms. The Bertz CT molecular complexity index is 546. The van der Waals surface area contributed by atoms with E-state index >= 15 is 0 Å². The van der Waals surface area contributed by atoms with Gasteiger partial charge in [-0.15, -0.1) is 0 Å². The molecule has 2 N–H and O–H groups in total. The summed E-state index contributed by atoms with van der Waals surface area (Å²) in [4.78, 5) is 19.7. The number of rotatable bonds is 2. The van der Waals surface area contributed by atoms with Gasteiger partial charge in [0.2, 0.25) is 5.95 Å². The minimum absolute atomic E-state index is 0.169. The molecule has 0 fully saturated rings. The molecule has 0 aliphatic carbocycles. The van der Waals surface area contributed by atoms with E-state index in [1.54, 1.807) is 13.8 Å². The van der Waals surface area contributed by atoms with E-state index in [1.807, 2.05) is 0 Å². The summed E-state index contributed by atoms with van der Waals surface area (Å²) >= 11 is 5.69. The molecule has 7 heteroatoms. The Morgan fingerprint density at radius 1 is 1.47 bits per heavy atom. The number of carbonyl (C=O) groups is 1. The molecule has 0 saturated carbocycles. The van der Waals surface area contributed by atoms with Crippen LogP contribution in [0.15, 0.2) is 12.3 Å². The van der Waals surface area contributed by atoms with Gasteiger partial charge in [-0.1, -0.05) is 11.6 Å². The topological polar surface area (TPSA) is 83.6 Å². The second-order valence-corrected chi connectivity index (χ2v) is 3.85. The highest BCUT2D eigenvalue weighted by atomic mass is 35.5. The number of nitrogens with one attached hydrogen (secondary N) is 2. The second kappa shape index (κ2) is 4.50. The van der Waals surface area contributed by atoms with Crippen LogP contribution in [0.5, 0.6) is 0 Å². The molecule has 1 amide bonds. The summed E-state index contributed by atoms with van der Waals surface area (Å²) in [5.41, 5.74) is 1.82. The Hall–Kier alpha value is -1.95. The number of carbonyl (C=O) groups excluding carboxylic acids is 1. The van der Waals surface area contributed by atoms with Crippen LogP contribution < -0.4 is 5.32 Å². The molecule has 0 saturated heterocycles. The molecule has 0 unspecified atom stereocenters. The van der Waals surface area contributed by atoms with Crippen molar-refractivity contribution >= 4 is 23.5 Å². The summed E-state index contributed by atoms with van der Waals surface area (Å²) in [7, 11) is 0. The van der Waals surface area contributed by atoms with Crippen LogP contribution in [0.4, 0.5) is 5.95 Å². The smallest absolute Gasteiger partial charge is 0.261 e. The van der Waals surface area contributed by atoms with Crippen molar-refractivity contribution in [3.05, 3.63) is 34.4 Å². The molecule has 0 spiro atoms. The standard InChI is InChI=1S/C10H10ClN5O/c1-5-8(6(2)16-15-5)9(17)14-10-12-4-3-7(11)13-10/h3-4H,1-2H3,(H,15,16)(H,12,13,14,17). The van der Waals surface area contributed by atoms with Crippen LogP contribution in [0.1, 0.15) is 21.7 Å². The summed E-state index contributed by atoms with van der Waals surface area (Å²) in [6.45, 7) is 3.52. The van der Waals surface area contributed by atoms with Gasteiger partial charge in [0.1, 0.15) is 5.15 Å². The molecule has 88 valence electrons. The number of anilines is 1. The highest BCUT2D eigenvalue weighted by Gasteiger charge is 2.16. The fraction of sp³-hybridized carbons (Fsp3) is 0.200. The first-order valence-corrected chi connectivity index (χ1v) is 5.27. The Morgan fingerprint density at radius 2 is 2.24 bits per heavy atom. The maximum absolute atomic E-state index is 11.9. The number of amides is 1. The number of hydrogen-bond donors (Lipinski definition) is 2. The number of H-pyrrole nitrogens is 1. The SMILES string of the molecule is Cc1n[nH]c(C)c1C(=O)Nc1nccc(Cl)n1. The van der Waals surface area contributed by atoms with Crippen LogP contribution in [0.2, 0.25) is 5.15 Å². The molecule has 6 nitrogen and oxygen atoms in total. The van der Waals surface area contributed by atoms with Gasteiger partial charge < -0.3 is 0 Å². The third-order valence-corrected chi connectivity index (χ3v) is 2.41. The second-order valence-electron chi connectivity index (χ2n) is 3.47. The predicted octanol–water partition coefficient (Wildman–Crippen LogP) is 1.72. The zero-order chi connectivity index (χ0) is 12.4. The third kappa shape index (κ3) is 2.42. The lowest BCUT2D eigenvalue weighted by Gasteiger charge is -2.03. The van der Waals surface area contributed by atoms with Crippen molar-refractivity contribution in [2.75, 3.05) is 5.32 Å². The van der Waals surface area contributed by atoms with Gasteiger partial charge in [-0.3, -0.25) is 15.2 Å². The van der Waals surface area contributed by atoms with Gasteiger partial charge in [-0.25, -0.2) is 9.97 Å². The predicted molar refractivity (Wildman–Crippen MR) is 63.1 cm³/mol. The van der Waals surface area contributed by atoms with Crippen molar-refractivity contribution in [1.29, 1.82) is 0 Å². The quantitative estimate of drug-likeness (QED) is 0.796. The van der Waals surface area contributed by atoms with Gasteiger partial charge >= 0.3 is 0 Å². The minimum Gasteiger partial charge on any atom is -0.290 e. The Kier molecular flexibility index (Phi) is 3.06. The largest absolute Gasteiger partial charge is 0.290 e. The Morgan fingerprint density at radius 3 is 2.82 bits per heavy atom. The molecule has 0 aromatic carbocycles. The van der Waals surface area contributed by atoms with Crippen LogP contribution in [-0.2, 0) is 0 Å². The van der Waals surface area contributed by atoms with E-state index in [0.29, 0.717) is 17.0 Å². The van der Waals surface area contributed by atoms with Crippen LogP contribution in [0, 0.1) is 13.8 Å². The summed E-state index contributed by atoms with van der Waals surface area (Å²) in [5, 5.41) is 9.52. The fourth-order valence-electron chi connectivity index (χ4n) is 1.45. The molecule has 2 aromatic rings. The highest BCUT2D eigenvalue weighted by molar-refractivity contribution is 6.29. The van der Waals surface area contributed by atoms with E-state index < -0.39 is 0 Å². The number of halogens is 1. The van der Waals surface area contributed by atoms with E-state index in [0.717, 1.165) is 0 Å². The maximum atomic E-state index is 11.9. The molecule has 2 aromatic heterocycles. The zero-order valence-electron chi connectivity index (χ0n) is 9.28. The minimum atomic E-state index is -0.309. The summed E-state index contributed by atoms with van der Waals surface area (Å²) in [6.07, 6.45) is 1.47. The van der Waals surface area contributed by atoms with E-state index in [-0.39, 0.29) is 17.0 Å². The van der Waals surface area contributed by atoms with Crippen LogP contribution >= 0.6 is 11.6 Å². The Balaban J connectivity index is 2.23. The first-order chi connectivity index (χ1) is 8.08. The third-order valence-electron chi connectivity index (χ3n) is 2.20. The summed E-state index contributed by atoms with van der Waals surface area (Å²) in [6, 6.07) is 1.53. The van der Waals surface area contributed by atoms with Crippen molar-refractivity contribution < 1.29 is 4.79 Å². The van der Waals surface area contributed by atoms with Crippen LogP contribution in [0.3, 0.4) is 0 Å². The summed E-state index contributed by atoms with van der Waals surface area (Å²) in [5.74, 6) is -0.140. The van der Waals surface area contributed by atoms with Gasteiger partial charge in [0.15, 0.2) is 0 Å². The Labute approximate surface area is 102 Å². The fourth-order valence-corrected chi connectivity index (χ4v) is 1.58. The first kappa shape index (κ1) is 11.5. The van der Waals surface area contributed by atoms with Crippen LogP contribution in [0.25, 0.3) is 0 Å². The van der Waals surface area contributed by atoms with Gasteiger partial charge in [-0.2, -0.15) is 5.10 Å². The lowest BCUT2D eigenvalue weighted by atomic mass is 10.2. The molecule has 0 atom stereocenters. The number of hydrogen-bond acceptors (Lipinski definition) is 4. The number of aromatic amines is 1. The van der Waals surface area contributed by atoms with Crippen molar-refractivity contribution in [3.8, 4) is 0 Å². The van der Waals surface area contributed by atoms with Gasteiger partial charge in [-0.05, 0) is 19.9 Å². The van der Waals surface area contributed by atoms with Gasteiger partial charge in [0.05, 0.1) is 11.3 Å². The number of nitrogens with zero attached hydrogens (tertiary/aromatic N) is 3. The molecule has 2 rings (SSSR count). The average molecular weight is 252 g/mol. The van der Waals surface area contributed by atoms with E-state index in [2.05, 4.69) is 25.5 Å². The lowest BCUT2D eigenvalue weighted by molar-refractivity contribution is 0.102. The zero-order valence-corrected chi connectivity index (χ0v) is 10.0. The molecule has 2 heterocycles. The molecular weight excluding hydrogens is 242 g/mol. The normalized spacial score (nSPS) is 10.3. The van der Waals surface area contributed by atoms with Gasteiger partial charge in [0.25, 0.3) is 5.91 Å². The van der Waals surface area contributed by atoms with Crippen molar-refractivity contribution in [2.45, 2.75) is 13.8 Å². The highest BCUT2D eigenvalue weighted by Crippen LogP contribution is 2.12. The molecule has 0 aliphatic heterocycles. The van der Waals surface area contributed by atoms with Gasteiger partial charge in [0, 0.05) is 11.9 Å². The van der Waals surface area contributed by atoms with E-state index in [4.69, 9.17) is 11.6 Å².